The minimum absolute atomic E-state index is 0.00530. The van der Waals surface area contributed by atoms with Crippen LogP contribution in [0.25, 0.3) is 6.08 Å². The van der Waals surface area contributed by atoms with Gasteiger partial charge < -0.3 is 10.1 Å². The monoisotopic (exact) mass is 714 g/mol. The standard InChI is InChI=1S/C23H14Br3IN2O2/c24-17-3-7-19(8-4-17)29-23(30)16(12-28)9-15-10-20(25)22(21(26)11-15)31-13-14-1-5-18(27)6-2-14/h1-11H,13H2,(H,29,30)/b16-9-. The quantitative estimate of drug-likeness (QED) is 0.162. The van der Waals surface area contributed by atoms with Crippen molar-refractivity contribution in [2.75, 3.05) is 5.32 Å². The summed E-state index contributed by atoms with van der Waals surface area (Å²) in [5.41, 5.74) is 2.34. The molecule has 0 saturated heterocycles. The molecular formula is C23H14Br3IN2O2. The zero-order chi connectivity index (χ0) is 22.4. The highest BCUT2D eigenvalue weighted by atomic mass is 127. The fourth-order valence-corrected chi connectivity index (χ4v) is 4.66. The highest BCUT2D eigenvalue weighted by molar-refractivity contribution is 14.1. The number of nitrogens with zero attached hydrogens (tertiary/aromatic N) is 1. The number of nitrogens with one attached hydrogen (secondary N) is 1. The number of hydrogen-bond acceptors (Lipinski definition) is 3. The summed E-state index contributed by atoms with van der Waals surface area (Å²) in [6, 6.07) is 20.8. The van der Waals surface area contributed by atoms with Crippen molar-refractivity contribution in [1.82, 2.24) is 0 Å². The molecule has 0 saturated carbocycles. The molecule has 1 N–H and O–H groups in total. The van der Waals surface area contributed by atoms with Crippen LogP contribution in [-0.2, 0) is 11.4 Å². The fraction of sp³-hybridized carbons (Fsp3) is 0.0435. The maximum atomic E-state index is 12.5. The molecule has 0 aliphatic heterocycles. The second-order valence-electron chi connectivity index (χ2n) is 6.36. The van der Waals surface area contributed by atoms with Gasteiger partial charge in [0, 0.05) is 13.7 Å². The predicted molar refractivity (Wildman–Crippen MR) is 142 cm³/mol. The molecule has 31 heavy (non-hydrogen) atoms. The van der Waals surface area contributed by atoms with E-state index in [1.165, 1.54) is 6.08 Å². The molecule has 0 fully saturated rings. The second kappa shape index (κ2) is 11.3. The van der Waals surface area contributed by atoms with Gasteiger partial charge in [0.25, 0.3) is 5.91 Å². The lowest BCUT2D eigenvalue weighted by Gasteiger charge is -2.12. The number of rotatable bonds is 6. The number of amides is 1. The molecule has 3 rings (SSSR count). The molecule has 0 spiro atoms. The van der Waals surface area contributed by atoms with Gasteiger partial charge in [0.1, 0.15) is 24.0 Å². The van der Waals surface area contributed by atoms with Gasteiger partial charge in [0.2, 0.25) is 0 Å². The Kier molecular flexibility index (Phi) is 8.72. The van der Waals surface area contributed by atoms with Gasteiger partial charge in [-0.2, -0.15) is 5.26 Å². The maximum absolute atomic E-state index is 12.5. The Hall–Kier alpha value is -1.67. The van der Waals surface area contributed by atoms with E-state index in [1.807, 2.05) is 42.5 Å². The smallest absolute Gasteiger partial charge is 0.266 e. The van der Waals surface area contributed by atoms with Crippen molar-refractivity contribution in [3.05, 3.63) is 94.4 Å². The number of nitriles is 1. The molecule has 0 aliphatic rings. The number of ether oxygens (including phenoxy) is 1. The second-order valence-corrected chi connectivity index (χ2v) is 10.2. The Morgan fingerprint density at radius 2 is 1.65 bits per heavy atom. The number of anilines is 1. The number of carbonyl (C=O) groups is 1. The summed E-state index contributed by atoms with van der Waals surface area (Å²) in [5, 5.41) is 12.2. The Balaban J connectivity index is 1.76. The molecule has 0 radical (unpaired) electrons. The van der Waals surface area contributed by atoms with Crippen molar-refractivity contribution in [2.24, 2.45) is 0 Å². The third kappa shape index (κ3) is 6.91. The molecule has 3 aromatic rings. The Morgan fingerprint density at radius 3 is 2.23 bits per heavy atom. The van der Waals surface area contributed by atoms with E-state index in [9.17, 15) is 10.1 Å². The minimum atomic E-state index is -0.476. The summed E-state index contributed by atoms with van der Waals surface area (Å²) >= 11 is 12.6. The number of benzene rings is 3. The molecule has 0 unspecified atom stereocenters. The van der Waals surface area contributed by atoms with Crippen molar-refractivity contribution in [2.45, 2.75) is 6.61 Å². The Bertz CT molecular complexity index is 1150. The summed E-state index contributed by atoms with van der Waals surface area (Å²) in [5.74, 6) is 0.171. The van der Waals surface area contributed by atoms with E-state index in [0.29, 0.717) is 32.6 Å². The van der Waals surface area contributed by atoms with Gasteiger partial charge in [-0.15, -0.1) is 0 Å². The molecule has 0 bridgehead atoms. The van der Waals surface area contributed by atoms with Crippen molar-refractivity contribution < 1.29 is 9.53 Å². The van der Waals surface area contributed by atoms with Crippen LogP contribution in [0.15, 0.2) is 79.7 Å². The van der Waals surface area contributed by atoms with Crippen LogP contribution in [0.2, 0.25) is 0 Å². The maximum Gasteiger partial charge on any atom is 0.266 e. The van der Waals surface area contributed by atoms with E-state index in [4.69, 9.17) is 4.74 Å². The molecule has 156 valence electrons. The van der Waals surface area contributed by atoms with Crippen LogP contribution >= 0.6 is 70.4 Å². The van der Waals surface area contributed by atoms with Gasteiger partial charge in [-0.3, -0.25) is 4.79 Å². The zero-order valence-electron chi connectivity index (χ0n) is 15.8. The topological polar surface area (TPSA) is 62.1 Å². The molecule has 0 atom stereocenters. The van der Waals surface area contributed by atoms with Crippen LogP contribution in [0, 0.1) is 14.9 Å². The summed E-state index contributed by atoms with van der Waals surface area (Å²) in [6.45, 7) is 0.419. The third-order valence-electron chi connectivity index (χ3n) is 4.10. The highest BCUT2D eigenvalue weighted by Gasteiger charge is 2.13. The normalized spacial score (nSPS) is 11.0. The van der Waals surface area contributed by atoms with Crippen LogP contribution < -0.4 is 10.1 Å². The van der Waals surface area contributed by atoms with E-state index >= 15 is 0 Å². The lowest BCUT2D eigenvalue weighted by atomic mass is 10.1. The van der Waals surface area contributed by atoms with Gasteiger partial charge in [-0.1, -0.05) is 28.1 Å². The first-order valence-corrected chi connectivity index (χ1v) is 12.4. The lowest BCUT2D eigenvalue weighted by Crippen LogP contribution is -2.13. The van der Waals surface area contributed by atoms with Crippen LogP contribution in [0.4, 0.5) is 5.69 Å². The van der Waals surface area contributed by atoms with Crippen LogP contribution in [0.1, 0.15) is 11.1 Å². The van der Waals surface area contributed by atoms with Gasteiger partial charge in [-0.25, -0.2) is 0 Å². The number of hydrogen-bond donors (Lipinski definition) is 1. The molecule has 0 aliphatic carbocycles. The summed E-state index contributed by atoms with van der Waals surface area (Å²) in [4.78, 5) is 12.5. The average Bonchev–Trinajstić information content (AvgIpc) is 2.74. The van der Waals surface area contributed by atoms with Crippen molar-refractivity contribution in [3.8, 4) is 11.8 Å². The van der Waals surface area contributed by atoms with Gasteiger partial charge in [-0.05, 0) is 120 Å². The van der Waals surface area contributed by atoms with Crippen molar-refractivity contribution >= 4 is 88.1 Å². The molecule has 3 aromatic carbocycles. The van der Waals surface area contributed by atoms with E-state index in [1.54, 1.807) is 24.3 Å². The zero-order valence-corrected chi connectivity index (χ0v) is 22.7. The van der Waals surface area contributed by atoms with Gasteiger partial charge in [0.15, 0.2) is 0 Å². The fourth-order valence-electron chi connectivity index (χ4n) is 2.58. The Labute approximate surface area is 219 Å². The predicted octanol–water partition coefficient (Wildman–Crippen LogP) is 7.70. The van der Waals surface area contributed by atoms with Crippen molar-refractivity contribution in [3.63, 3.8) is 0 Å². The summed E-state index contributed by atoms with van der Waals surface area (Å²) < 4.78 is 9.44. The Morgan fingerprint density at radius 1 is 1.03 bits per heavy atom. The SMILES string of the molecule is N#C/C(=C/c1cc(Br)c(OCc2ccc(I)cc2)c(Br)c1)C(=O)Nc1ccc(Br)cc1. The summed E-state index contributed by atoms with van der Waals surface area (Å²) in [6.07, 6.45) is 1.53. The van der Waals surface area contributed by atoms with Gasteiger partial charge in [0.05, 0.1) is 8.95 Å². The molecule has 1 amide bonds. The molecule has 8 heteroatoms. The van der Waals surface area contributed by atoms with E-state index in [0.717, 1.165) is 13.6 Å². The summed E-state index contributed by atoms with van der Waals surface area (Å²) in [7, 11) is 0. The van der Waals surface area contributed by atoms with Crippen LogP contribution in [0.5, 0.6) is 5.75 Å². The lowest BCUT2D eigenvalue weighted by molar-refractivity contribution is -0.112. The first-order chi connectivity index (χ1) is 14.9. The molecule has 0 aromatic heterocycles. The average molecular weight is 717 g/mol. The van der Waals surface area contributed by atoms with Gasteiger partial charge >= 0.3 is 0 Å². The molecular weight excluding hydrogens is 703 g/mol. The van der Waals surface area contributed by atoms with Crippen molar-refractivity contribution in [1.29, 1.82) is 5.26 Å². The minimum Gasteiger partial charge on any atom is -0.487 e. The van der Waals surface area contributed by atoms with E-state index < -0.39 is 5.91 Å². The molecule has 4 nitrogen and oxygen atoms in total. The number of carbonyl (C=O) groups excluding carboxylic acids is 1. The first kappa shape index (κ1) is 24.0. The third-order valence-corrected chi connectivity index (χ3v) is 6.52. The largest absolute Gasteiger partial charge is 0.487 e. The van der Waals surface area contributed by atoms with Crippen LogP contribution in [-0.4, -0.2) is 5.91 Å². The van der Waals surface area contributed by atoms with Crippen LogP contribution in [0.3, 0.4) is 0 Å². The van der Waals surface area contributed by atoms with E-state index in [2.05, 4.69) is 75.7 Å². The molecule has 0 heterocycles. The first-order valence-electron chi connectivity index (χ1n) is 8.90. The highest BCUT2D eigenvalue weighted by Crippen LogP contribution is 2.36. The van der Waals surface area contributed by atoms with E-state index in [-0.39, 0.29) is 5.57 Å². The number of halogens is 4.